The molecule has 0 aromatic rings. The second-order valence-electron chi connectivity index (χ2n) is 3.50. The molecule has 1 rings (SSSR count). The Morgan fingerprint density at radius 3 is 2.62 bits per heavy atom. The van der Waals surface area contributed by atoms with Crippen LogP contribution in [0.3, 0.4) is 0 Å². The molecule has 0 aliphatic carbocycles. The molecule has 0 radical (unpaired) electrons. The molecule has 1 aliphatic rings. The third kappa shape index (κ3) is 2.17. The summed E-state index contributed by atoms with van der Waals surface area (Å²) in [4.78, 5) is 0. The van der Waals surface area contributed by atoms with Crippen molar-refractivity contribution in [1.29, 1.82) is 0 Å². The molecule has 0 bridgehead atoms. The van der Waals surface area contributed by atoms with Crippen LogP contribution in [0.4, 0.5) is 0 Å². The van der Waals surface area contributed by atoms with Crippen LogP contribution < -0.4 is 0 Å². The van der Waals surface area contributed by atoms with Gasteiger partial charge in [-0.05, 0) is 19.3 Å². The monoisotopic (exact) mass is 225 g/mol. The molecule has 0 spiro atoms. The van der Waals surface area contributed by atoms with Gasteiger partial charge in [0.25, 0.3) is 0 Å². The first-order valence-corrected chi connectivity index (χ1v) is 6.72. The SMILES string of the molecule is CCS(=O)(=O)N1CCC(C)C1CCl. The van der Waals surface area contributed by atoms with Gasteiger partial charge >= 0.3 is 0 Å². The number of halogens is 1. The fourth-order valence-electron chi connectivity index (χ4n) is 1.71. The van der Waals surface area contributed by atoms with Gasteiger partial charge in [0.15, 0.2) is 0 Å². The number of hydrogen-bond acceptors (Lipinski definition) is 2. The van der Waals surface area contributed by atoms with E-state index in [1.165, 1.54) is 0 Å². The van der Waals surface area contributed by atoms with Crippen LogP contribution in [-0.4, -0.2) is 36.9 Å². The van der Waals surface area contributed by atoms with E-state index >= 15 is 0 Å². The number of nitrogens with zero attached hydrogens (tertiary/aromatic N) is 1. The molecule has 0 N–H and O–H groups in total. The summed E-state index contributed by atoms with van der Waals surface area (Å²) in [6, 6.07) is 0.00613. The van der Waals surface area contributed by atoms with Crippen molar-refractivity contribution in [3.8, 4) is 0 Å². The summed E-state index contributed by atoms with van der Waals surface area (Å²) < 4.78 is 24.7. The van der Waals surface area contributed by atoms with Gasteiger partial charge < -0.3 is 0 Å². The van der Waals surface area contributed by atoms with E-state index in [1.54, 1.807) is 11.2 Å². The zero-order valence-electron chi connectivity index (χ0n) is 8.03. The lowest BCUT2D eigenvalue weighted by Gasteiger charge is -2.23. The lowest BCUT2D eigenvalue weighted by Crippen LogP contribution is -2.39. The Hall–Kier alpha value is 0.200. The fourth-order valence-corrected chi connectivity index (χ4v) is 3.68. The molecule has 78 valence electrons. The predicted molar refractivity (Wildman–Crippen MR) is 54.5 cm³/mol. The smallest absolute Gasteiger partial charge is 0.212 e. The quantitative estimate of drug-likeness (QED) is 0.679. The third-order valence-electron chi connectivity index (χ3n) is 2.71. The highest BCUT2D eigenvalue weighted by Gasteiger charge is 2.36. The summed E-state index contributed by atoms with van der Waals surface area (Å²) >= 11 is 5.75. The number of sulfonamides is 1. The van der Waals surface area contributed by atoms with Gasteiger partial charge in [-0.25, -0.2) is 8.42 Å². The first-order chi connectivity index (χ1) is 6.03. The normalized spacial score (nSPS) is 31.0. The summed E-state index contributed by atoms with van der Waals surface area (Å²) in [7, 11) is -3.04. The Kier molecular flexibility index (Phi) is 3.60. The van der Waals surface area contributed by atoms with Gasteiger partial charge in [-0.2, -0.15) is 4.31 Å². The molecular formula is C8H16ClNO2S. The molecule has 1 fully saturated rings. The zero-order valence-corrected chi connectivity index (χ0v) is 9.61. The molecule has 0 aromatic carbocycles. The van der Waals surface area contributed by atoms with Crippen molar-refractivity contribution in [3.63, 3.8) is 0 Å². The summed E-state index contributed by atoms with van der Waals surface area (Å²) in [6.07, 6.45) is 0.927. The van der Waals surface area contributed by atoms with E-state index in [0.29, 0.717) is 18.3 Å². The molecule has 1 saturated heterocycles. The second kappa shape index (κ2) is 4.15. The van der Waals surface area contributed by atoms with Gasteiger partial charge in [0.05, 0.1) is 5.75 Å². The van der Waals surface area contributed by atoms with Crippen LogP contribution in [0.2, 0.25) is 0 Å². The average molecular weight is 226 g/mol. The zero-order chi connectivity index (χ0) is 10.1. The molecule has 5 heteroatoms. The Labute approximate surface area is 85.1 Å². The number of alkyl halides is 1. The van der Waals surface area contributed by atoms with E-state index in [4.69, 9.17) is 11.6 Å². The maximum Gasteiger partial charge on any atom is 0.214 e. The van der Waals surface area contributed by atoms with E-state index in [0.717, 1.165) is 6.42 Å². The van der Waals surface area contributed by atoms with Crippen LogP contribution in [-0.2, 0) is 10.0 Å². The Balaban J connectivity index is 2.82. The van der Waals surface area contributed by atoms with Crippen LogP contribution >= 0.6 is 11.6 Å². The van der Waals surface area contributed by atoms with Gasteiger partial charge in [-0.15, -0.1) is 11.6 Å². The number of hydrogen-bond donors (Lipinski definition) is 0. The average Bonchev–Trinajstić information content (AvgIpc) is 2.47. The van der Waals surface area contributed by atoms with Crippen LogP contribution in [0, 0.1) is 5.92 Å². The Morgan fingerprint density at radius 1 is 1.54 bits per heavy atom. The molecule has 1 aliphatic heterocycles. The molecule has 0 aromatic heterocycles. The summed E-state index contributed by atoms with van der Waals surface area (Å²) in [6.45, 7) is 4.36. The van der Waals surface area contributed by atoms with Crippen molar-refractivity contribution in [1.82, 2.24) is 4.31 Å². The van der Waals surface area contributed by atoms with Gasteiger partial charge in [0.2, 0.25) is 10.0 Å². The first kappa shape index (κ1) is 11.3. The van der Waals surface area contributed by atoms with Crippen molar-refractivity contribution >= 4 is 21.6 Å². The molecule has 13 heavy (non-hydrogen) atoms. The maximum absolute atomic E-state index is 11.6. The van der Waals surface area contributed by atoms with Crippen LogP contribution in [0.1, 0.15) is 20.3 Å². The van der Waals surface area contributed by atoms with E-state index < -0.39 is 10.0 Å². The predicted octanol–water partition coefficient (Wildman–Crippen LogP) is 1.29. The molecule has 0 amide bonds. The largest absolute Gasteiger partial charge is 0.214 e. The molecule has 2 unspecified atom stereocenters. The van der Waals surface area contributed by atoms with Gasteiger partial charge in [0, 0.05) is 18.5 Å². The van der Waals surface area contributed by atoms with E-state index in [9.17, 15) is 8.42 Å². The molecule has 2 atom stereocenters. The van der Waals surface area contributed by atoms with Gasteiger partial charge in [0.1, 0.15) is 0 Å². The van der Waals surface area contributed by atoms with E-state index in [2.05, 4.69) is 6.92 Å². The minimum absolute atomic E-state index is 0.00613. The lowest BCUT2D eigenvalue weighted by molar-refractivity contribution is 0.376. The van der Waals surface area contributed by atoms with E-state index in [-0.39, 0.29) is 11.8 Å². The van der Waals surface area contributed by atoms with Crippen molar-refractivity contribution < 1.29 is 8.42 Å². The molecule has 3 nitrogen and oxygen atoms in total. The minimum Gasteiger partial charge on any atom is -0.212 e. The summed E-state index contributed by atoms with van der Waals surface area (Å²) in [5, 5.41) is 0. The highest BCUT2D eigenvalue weighted by Crippen LogP contribution is 2.27. The van der Waals surface area contributed by atoms with Crippen LogP contribution in [0.15, 0.2) is 0 Å². The molecule has 1 heterocycles. The highest BCUT2D eigenvalue weighted by molar-refractivity contribution is 7.89. The fraction of sp³-hybridized carbons (Fsp3) is 1.00. The van der Waals surface area contributed by atoms with Crippen molar-refractivity contribution in [3.05, 3.63) is 0 Å². The second-order valence-corrected chi connectivity index (χ2v) is 6.02. The first-order valence-electron chi connectivity index (χ1n) is 4.58. The van der Waals surface area contributed by atoms with Gasteiger partial charge in [-0.3, -0.25) is 0 Å². The Bertz CT molecular complexity index is 265. The minimum atomic E-state index is -3.04. The lowest BCUT2D eigenvalue weighted by atomic mass is 10.1. The van der Waals surface area contributed by atoms with Crippen molar-refractivity contribution in [2.75, 3.05) is 18.2 Å². The van der Waals surface area contributed by atoms with Crippen LogP contribution in [0.5, 0.6) is 0 Å². The maximum atomic E-state index is 11.6. The summed E-state index contributed by atoms with van der Waals surface area (Å²) in [5.41, 5.74) is 0. The van der Waals surface area contributed by atoms with E-state index in [1.807, 2.05) is 0 Å². The third-order valence-corrected chi connectivity index (χ3v) is 4.93. The summed E-state index contributed by atoms with van der Waals surface area (Å²) in [5.74, 6) is 0.965. The number of rotatable bonds is 3. The Morgan fingerprint density at radius 2 is 2.15 bits per heavy atom. The standard InChI is InChI=1S/C8H16ClNO2S/c1-3-13(11,12)10-5-4-7(2)8(10)6-9/h7-8H,3-6H2,1-2H3. The topological polar surface area (TPSA) is 37.4 Å². The van der Waals surface area contributed by atoms with Gasteiger partial charge in [-0.1, -0.05) is 6.92 Å². The highest BCUT2D eigenvalue weighted by atomic mass is 35.5. The molecular weight excluding hydrogens is 210 g/mol. The van der Waals surface area contributed by atoms with Crippen molar-refractivity contribution in [2.45, 2.75) is 26.3 Å². The van der Waals surface area contributed by atoms with Crippen molar-refractivity contribution in [2.24, 2.45) is 5.92 Å². The molecule has 0 saturated carbocycles. The van der Waals surface area contributed by atoms with Crippen LogP contribution in [0.25, 0.3) is 0 Å².